The highest BCUT2D eigenvalue weighted by Crippen LogP contribution is 2.35. The van der Waals surface area contributed by atoms with Gasteiger partial charge in [0.05, 0.1) is 5.75 Å². The van der Waals surface area contributed by atoms with E-state index in [1.807, 2.05) is 60.7 Å². The van der Waals surface area contributed by atoms with E-state index in [4.69, 9.17) is 4.42 Å². The van der Waals surface area contributed by atoms with Gasteiger partial charge in [0.25, 0.3) is 5.22 Å². The molecule has 0 aliphatic rings. The van der Waals surface area contributed by atoms with E-state index in [1.165, 1.54) is 6.92 Å². The van der Waals surface area contributed by atoms with Gasteiger partial charge in [-0.15, -0.1) is 0 Å². The van der Waals surface area contributed by atoms with Crippen LogP contribution in [-0.4, -0.2) is 32.9 Å². The second kappa shape index (κ2) is 9.26. The molecular formula is C21H17N5O4S. The molecule has 0 saturated carbocycles. The first-order valence-electron chi connectivity index (χ1n) is 9.24. The number of oxazole rings is 1. The molecule has 0 atom stereocenters. The number of benzene rings is 2. The number of carbonyl (C=O) groups excluding carboxylic acids is 2. The third kappa shape index (κ3) is 4.98. The molecule has 2 aromatic heterocycles. The van der Waals surface area contributed by atoms with E-state index in [0.717, 1.165) is 22.9 Å². The van der Waals surface area contributed by atoms with Crippen LogP contribution in [0.4, 0.5) is 11.6 Å². The Hall–Kier alpha value is -3.92. The summed E-state index contributed by atoms with van der Waals surface area (Å²) in [5.74, 6) is -0.0310. The maximum Gasteiger partial charge on any atom is 0.257 e. The molecule has 4 aromatic rings. The molecule has 156 valence electrons. The first kappa shape index (κ1) is 20.4. The summed E-state index contributed by atoms with van der Waals surface area (Å²) in [6, 6.07) is 19.3. The highest BCUT2D eigenvalue weighted by atomic mass is 32.2. The van der Waals surface area contributed by atoms with E-state index in [-0.39, 0.29) is 29.2 Å². The van der Waals surface area contributed by atoms with Crippen LogP contribution in [0.3, 0.4) is 0 Å². The Morgan fingerprint density at radius 1 is 0.903 bits per heavy atom. The van der Waals surface area contributed by atoms with Crippen molar-refractivity contribution in [3.05, 3.63) is 60.7 Å². The number of anilines is 2. The predicted molar refractivity (Wildman–Crippen MR) is 115 cm³/mol. The second-order valence-electron chi connectivity index (χ2n) is 6.37. The molecule has 0 saturated heterocycles. The quantitative estimate of drug-likeness (QED) is 0.416. The van der Waals surface area contributed by atoms with Crippen LogP contribution in [0.1, 0.15) is 6.92 Å². The number of nitrogens with zero attached hydrogens (tertiary/aromatic N) is 3. The molecule has 0 unspecified atom stereocenters. The minimum atomic E-state index is -0.381. The third-order valence-corrected chi connectivity index (χ3v) is 4.89. The van der Waals surface area contributed by atoms with Gasteiger partial charge in [-0.3, -0.25) is 9.59 Å². The fraction of sp³-hybridized carbons (Fsp3) is 0.0952. The number of hydrogen-bond donors (Lipinski definition) is 2. The van der Waals surface area contributed by atoms with Crippen LogP contribution in [0.25, 0.3) is 22.6 Å². The zero-order valence-electron chi connectivity index (χ0n) is 16.4. The van der Waals surface area contributed by atoms with E-state index in [1.54, 1.807) is 0 Å². The molecule has 0 spiro atoms. The molecule has 10 heteroatoms. The highest BCUT2D eigenvalue weighted by molar-refractivity contribution is 7.99. The Morgan fingerprint density at radius 3 is 2.16 bits per heavy atom. The van der Waals surface area contributed by atoms with Crippen molar-refractivity contribution < 1.29 is 18.6 Å². The number of carbonyl (C=O) groups is 2. The zero-order valence-corrected chi connectivity index (χ0v) is 17.2. The van der Waals surface area contributed by atoms with Gasteiger partial charge in [-0.05, 0) is 10.3 Å². The van der Waals surface area contributed by atoms with E-state index in [0.29, 0.717) is 16.7 Å². The van der Waals surface area contributed by atoms with Crippen molar-refractivity contribution in [2.75, 3.05) is 16.4 Å². The normalized spacial score (nSPS) is 10.6. The van der Waals surface area contributed by atoms with Crippen molar-refractivity contribution in [2.24, 2.45) is 0 Å². The maximum atomic E-state index is 12.3. The van der Waals surface area contributed by atoms with Crippen LogP contribution in [0.5, 0.6) is 0 Å². The van der Waals surface area contributed by atoms with Gasteiger partial charge >= 0.3 is 0 Å². The first-order valence-corrected chi connectivity index (χ1v) is 10.2. The van der Waals surface area contributed by atoms with Gasteiger partial charge in [-0.1, -0.05) is 72.4 Å². The standard InChI is InChI=1S/C21H17N5O4S/c1-13(27)22-19-20(26-30-25-19)23-16(28)12-31-21-24-17(14-8-4-2-5-9-14)18(29-21)15-10-6-3-7-11-15/h2-11H,12H2,1H3,(H,22,25,27)(H,23,26,28). The number of nitrogens with one attached hydrogen (secondary N) is 2. The smallest absolute Gasteiger partial charge is 0.257 e. The van der Waals surface area contributed by atoms with Gasteiger partial charge in [-0.2, -0.15) is 0 Å². The molecule has 2 N–H and O–H groups in total. The van der Waals surface area contributed by atoms with Gasteiger partial charge in [-0.25, -0.2) is 9.61 Å². The topological polar surface area (TPSA) is 123 Å². The molecule has 9 nitrogen and oxygen atoms in total. The fourth-order valence-electron chi connectivity index (χ4n) is 2.75. The lowest BCUT2D eigenvalue weighted by Gasteiger charge is -2.01. The van der Waals surface area contributed by atoms with Crippen molar-refractivity contribution in [1.29, 1.82) is 0 Å². The SMILES string of the molecule is CC(=O)Nc1nonc1NC(=O)CSc1nc(-c2ccccc2)c(-c2ccccc2)o1. The minimum absolute atomic E-state index is 0.00927. The van der Waals surface area contributed by atoms with Crippen LogP contribution >= 0.6 is 11.8 Å². The molecule has 31 heavy (non-hydrogen) atoms. The molecule has 2 aromatic carbocycles. The number of amides is 2. The van der Waals surface area contributed by atoms with E-state index < -0.39 is 0 Å². The summed E-state index contributed by atoms with van der Waals surface area (Å²) in [6.45, 7) is 1.31. The summed E-state index contributed by atoms with van der Waals surface area (Å²) in [7, 11) is 0. The Bertz CT molecular complexity index is 1130. The first-order chi connectivity index (χ1) is 15.1. The molecule has 0 aliphatic carbocycles. The van der Waals surface area contributed by atoms with Gasteiger partial charge in [0.15, 0.2) is 5.76 Å². The van der Waals surface area contributed by atoms with Crippen molar-refractivity contribution in [1.82, 2.24) is 15.3 Å². The number of rotatable bonds is 7. The zero-order chi connectivity index (χ0) is 21.6. The van der Waals surface area contributed by atoms with Crippen LogP contribution in [0.2, 0.25) is 0 Å². The lowest BCUT2D eigenvalue weighted by atomic mass is 10.1. The number of hydrogen-bond acceptors (Lipinski definition) is 8. The predicted octanol–water partition coefficient (Wildman–Crippen LogP) is 4.08. The van der Waals surface area contributed by atoms with Gasteiger partial charge < -0.3 is 15.1 Å². The van der Waals surface area contributed by atoms with Crippen molar-refractivity contribution >= 4 is 35.2 Å². The number of aromatic nitrogens is 3. The van der Waals surface area contributed by atoms with Crippen LogP contribution in [0.15, 0.2) is 74.9 Å². The molecule has 0 radical (unpaired) electrons. The van der Waals surface area contributed by atoms with Crippen LogP contribution in [0, 0.1) is 0 Å². The Labute approximate surface area is 181 Å². The molecule has 2 heterocycles. The lowest BCUT2D eigenvalue weighted by molar-refractivity contribution is -0.115. The molecule has 4 rings (SSSR count). The van der Waals surface area contributed by atoms with Crippen molar-refractivity contribution in [3.63, 3.8) is 0 Å². The molecule has 2 amide bonds. The van der Waals surface area contributed by atoms with Crippen LogP contribution < -0.4 is 10.6 Å². The Kier molecular flexibility index (Phi) is 6.08. The summed E-state index contributed by atoms with van der Waals surface area (Å²) >= 11 is 1.14. The largest absolute Gasteiger partial charge is 0.431 e. The van der Waals surface area contributed by atoms with Crippen molar-refractivity contribution in [2.45, 2.75) is 12.1 Å². The Balaban J connectivity index is 1.50. The third-order valence-electron chi connectivity index (χ3n) is 4.06. The fourth-order valence-corrected chi connectivity index (χ4v) is 3.38. The minimum Gasteiger partial charge on any atom is -0.431 e. The summed E-state index contributed by atoms with van der Waals surface area (Å²) < 4.78 is 10.5. The average Bonchev–Trinajstić information content (AvgIpc) is 3.40. The second-order valence-corrected chi connectivity index (χ2v) is 7.30. The average molecular weight is 435 g/mol. The van der Waals surface area contributed by atoms with Gasteiger partial charge in [0, 0.05) is 18.1 Å². The highest BCUT2D eigenvalue weighted by Gasteiger charge is 2.19. The maximum absolute atomic E-state index is 12.3. The molecule has 0 aliphatic heterocycles. The van der Waals surface area contributed by atoms with Crippen LogP contribution in [-0.2, 0) is 9.59 Å². The molecular weight excluding hydrogens is 418 g/mol. The summed E-state index contributed by atoms with van der Waals surface area (Å²) in [5.41, 5.74) is 2.50. The van der Waals surface area contributed by atoms with Gasteiger partial charge in [0.1, 0.15) is 5.69 Å². The van der Waals surface area contributed by atoms with Crippen molar-refractivity contribution in [3.8, 4) is 22.6 Å². The van der Waals surface area contributed by atoms with E-state index in [9.17, 15) is 9.59 Å². The van der Waals surface area contributed by atoms with Gasteiger partial charge in [0.2, 0.25) is 23.5 Å². The summed E-state index contributed by atoms with van der Waals surface area (Å²) in [4.78, 5) is 28.1. The van der Waals surface area contributed by atoms with E-state index >= 15 is 0 Å². The number of thioether (sulfide) groups is 1. The monoisotopic (exact) mass is 435 g/mol. The lowest BCUT2D eigenvalue weighted by Crippen LogP contribution is -2.16. The Morgan fingerprint density at radius 2 is 1.52 bits per heavy atom. The summed E-state index contributed by atoms with van der Waals surface area (Å²) in [6.07, 6.45) is 0. The molecule has 0 fully saturated rings. The molecule has 0 bridgehead atoms. The van der Waals surface area contributed by atoms with E-state index in [2.05, 4.69) is 30.6 Å². The summed E-state index contributed by atoms with van der Waals surface area (Å²) in [5, 5.41) is 12.4.